The summed E-state index contributed by atoms with van der Waals surface area (Å²) in [6, 6.07) is 0. The van der Waals surface area contributed by atoms with Gasteiger partial charge in [-0.2, -0.15) is 0 Å². The van der Waals surface area contributed by atoms with Crippen molar-refractivity contribution in [2.75, 3.05) is 19.8 Å². The number of hydrogen-bond acceptors (Lipinski definition) is 9. The molecule has 0 aromatic heterocycles. The zero-order chi connectivity index (χ0) is 20.6. The molecule has 0 aliphatic carbocycles. The van der Waals surface area contributed by atoms with E-state index in [2.05, 4.69) is 0 Å². The summed E-state index contributed by atoms with van der Waals surface area (Å²) in [6.45, 7) is 4.89. The highest BCUT2D eigenvalue weighted by atomic mass is 16.7. The van der Waals surface area contributed by atoms with Crippen LogP contribution in [-0.2, 0) is 0 Å². The van der Waals surface area contributed by atoms with E-state index in [-0.39, 0.29) is 19.8 Å². The van der Waals surface area contributed by atoms with Crippen LogP contribution >= 0.6 is 0 Å². The molecule has 0 atom stereocenters. The highest BCUT2D eigenvalue weighted by Gasteiger charge is 2.46. The van der Waals surface area contributed by atoms with Crippen molar-refractivity contribution in [3.63, 3.8) is 0 Å². The van der Waals surface area contributed by atoms with E-state index >= 15 is 0 Å². The zero-order valence-corrected chi connectivity index (χ0v) is 15.3. The standard InChI is InChI=1S/C15H21N3O9/c1-4-7-25-13-10(16(19)20)14(26-8-5-2)12(18(23)24)15(27-9-6-3)11(13)17(21)22/h4-9H2,1-3H3. The van der Waals surface area contributed by atoms with E-state index in [0.29, 0.717) is 19.3 Å². The van der Waals surface area contributed by atoms with Crippen LogP contribution < -0.4 is 14.2 Å². The summed E-state index contributed by atoms with van der Waals surface area (Å²) < 4.78 is 15.8. The van der Waals surface area contributed by atoms with Gasteiger partial charge in [-0.05, 0) is 19.3 Å². The SMILES string of the molecule is CCCOc1c([N+](=O)[O-])c(OCCC)c([N+](=O)[O-])c(OCCC)c1[N+](=O)[O-]. The lowest BCUT2D eigenvalue weighted by Gasteiger charge is -2.14. The van der Waals surface area contributed by atoms with Gasteiger partial charge in [0.2, 0.25) is 0 Å². The Bertz CT molecular complexity index is 605. The Kier molecular flexibility index (Phi) is 8.17. The smallest absolute Gasteiger partial charge is 0.367 e. The quantitative estimate of drug-likeness (QED) is 0.384. The van der Waals surface area contributed by atoms with Crippen LogP contribution in [-0.4, -0.2) is 34.6 Å². The largest absolute Gasteiger partial charge is 0.482 e. The molecule has 27 heavy (non-hydrogen) atoms. The monoisotopic (exact) mass is 387 g/mol. The molecule has 0 radical (unpaired) electrons. The van der Waals surface area contributed by atoms with Gasteiger partial charge in [0.05, 0.1) is 34.6 Å². The molecule has 0 heterocycles. The summed E-state index contributed by atoms with van der Waals surface area (Å²) in [5.74, 6) is -2.14. The normalized spacial score (nSPS) is 10.3. The van der Waals surface area contributed by atoms with Crippen molar-refractivity contribution in [3.8, 4) is 17.2 Å². The average molecular weight is 387 g/mol. The molecule has 0 aliphatic rings. The summed E-state index contributed by atoms with van der Waals surface area (Å²) in [5.41, 5.74) is -2.88. The Balaban J connectivity index is 3.99. The van der Waals surface area contributed by atoms with E-state index in [4.69, 9.17) is 14.2 Å². The Morgan fingerprint density at radius 3 is 0.963 bits per heavy atom. The molecule has 1 aromatic rings. The van der Waals surface area contributed by atoms with Crippen LogP contribution in [0.2, 0.25) is 0 Å². The molecule has 0 amide bonds. The second-order valence-electron chi connectivity index (χ2n) is 5.35. The predicted octanol–water partition coefficient (Wildman–Crippen LogP) is 3.78. The molecule has 0 fully saturated rings. The van der Waals surface area contributed by atoms with Gasteiger partial charge in [0.1, 0.15) is 0 Å². The maximum Gasteiger partial charge on any atom is 0.367 e. The van der Waals surface area contributed by atoms with E-state index < -0.39 is 49.1 Å². The minimum absolute atomic E-state index is 0.0695. The van der Waals surface area contributed by atoms with Crippen LogP contribution in [0, 0.1) is 30.3 Å². The summed E-state index contributed by atoms with van der Waals surface area (Å²) in [7, 11) is 0. The van der Waals surface area contributed by atoms with Crippen LogP contribution in [0.25, 0.3) is 0 Å². The zero-order valence-electron chi connectivity index (χ0n) is 15.3. The topological polar surface area (TPSA) is 157 Å². The number of ether oxygens (including phenoxy) is 3. The number of nitro benzene ring substituents is 3. The van der Waals surface area contributed by atoms with Crippen LogP contribution in [0.1, 0.15) is 40.0 Å². The Morgan fingerprint density at radius 2 is 0.815 bits per heavy atom. The molecule has 150 valence electrons. The molecule has 12 heteroatoms. The number of benzene rings is 1. The van der Waals surface area contributed by atoms with Gasteiger partial charge in [0.15, 0.2) is 0 Å². The van der Waals surface area contributed by atoms with Gasteiger partial charge in [-0.25, -0.2) is 0 Å². The maximum atomic E-state index is 11.6. The van der Waals surface area contributed by atoms with Gasteiger partial charge in [0.25, 0.3) is 17.2 Å². The van der Waals surface area contributed by atoms with Crippen LogP contribution in [0.5, 0.6) is 17.2 Å². The van der Waals surface area contributed by atoms with Crippen molar-refractivity contribution >= 4 is 17.1 Å². The molecule has 0 bridgehead atoms. The molecule has 0 saturated carbocycles. The first-order chi connectivity index (χ1) is 12.8. The van der Waals surface area contributed by atoms with Gasteiger partial charge in [-0.1, -0.05) is 20.8 Å². The van der Waals surface area contributed by atoms with E-state index in [1.165, 1.54) is 0 Å². The van der Waals surface area contributed by atoms with Crippen LogP contribution in [0.4, 0.5) is 17.1 Å². The first-order valence-electron chi connectivity index (χ1n) is 8.37. The van der Waals surface area contributed by atoms with Gasteiger partial charge in [-0.3, -0.25) is 30.3 Å². The van der Waals surface area contributed by atoms with Crippen molar-refractivity contribution in [1.29, 1.82) is 0 Å². The minimum Gasteiger partial charge on any atom is -0.482 e. The lowest BCUT2D eigenvalue weighted by molar-refractivity contribution is -0.407. The van der Waals surface area contributed by atoms with Crippen LogP contribution in [0.3, 0.4) is 0 Å². The average Bonchev–Trinajstić information content (AvgIpc) is 2.60. The molecule has 0 unspecified atom stereocenters. The Hall–Kier alpha value is -3.18. The maximum absolute atomic E-state index is 11.6. The summed E-state index contributed by atoms with van der Waals surface area (Å²) in [4.78, 5) is 31.9. The third-order valence-electron chi connectivity index (χ3n) is 3.19. The third-order valence-corrected chi connectivity index (χ3v) is 3.19. The molecule has 0 saturated heterocycles. The predicted molar refractivity (Wildman–Crippen MR) is 93.8 cm³/mol. The molecule has 1 aromatic carbocycles. The lowest BCUT2D eigenvalue weighted by atomic mass is 10.1. The molecule has 12 nitrogen and oxygen atoms in total. The number of nitrogens with zero attached hydrogens (tertiary/aromatic N) is 3. The van der Waals surface area contributed by atoms with Crippen molar-refractivity contribution < 1.29 is 29.0 Å². The fraction of sp³-hybridized carbons (Fsp3) is 0.600. The van der Waals surface area contributed by atoms with E-state index in [9.17, 15) is 30.3 Å². The first kappa shape index (κ1) is 21.9. The fourth-order valence-electron chi connectivity index (χ4n) is 2.17. The molecule has 0 aliphatic heterocycles. The molecule has 0 N–H and O–H groups in total. The van der Waals surface area contributed by atoms with E-state index in [1.54, 1.807) is 20.8 Å². The summed E-state index contributed by atoms with van der Waals surface area (Å²) in [5, 5.41) is 34.8. The third kappa shape index (κ3) is 4.92. The number of nitro groups is 3. The first-order valence-corrected chi connectivity index (χ1v) is 8.37. The summed E-state index contributed by atoms with van der Waals surface area (Å²) in [6.07, 6.45) is 1.21. The summed E-state index contributed by atoms with van der Waals surface area (Å²) >= 11 is 0. The van der Waals surface area contributed by atoms with Crippen molar-refractivity contribution in [2.45, 2.75) is 40.0 Å². The van der Waals surface area contributed by atoms with E-state index in [1.807, 2.05) is 0 Å². The second kappa shape index (κ2) is 10.1. The van der Waals surface area contributed by atoms with Crippen molar-refractivity contribution in [1.82, 2.24) is 0 Å². The highest BCUT2D eigenvalue weighted by molar-refractivity contribution is 5.82. The second-order valence-corrected chi connectivity index (χ2v) is 5.35. The Morgan fingerprint density at radius 1 is 0.593 bits per heavy atom. The Labute approximate surface area is 154 Å². The molecule has 0 spiro atoms. The van der Waals surface area contributed by atoms with Crippen molar-refractivity contribution in [3.05, 3.63) is 30.3 Å². The molecular weight excluding hydrogens is 366 g/mol. The van der Waals surface area contributed by atoms with Gasteiger partial charge < -0.3 is 14.2 Å². The van der Waals surface area contributed by atoms with Gasteiger partial charge >= 0.3 is 17.1 Å². The molecule has 1 rings (SSSR count). The van der Waals surface area contributed by atoms with Gasteiger partial charge in [-0.15, -0.1) is 0 Å². The molecular formula is C15H21N3O9. The number of rotatable bonds is 12. The fourth-order valence-corrected chi connectivity index (χ4v) is 2.17. The van der Waals surface area contributed by atoms with E-state index in [0.717, 1.165) is 0 Å². The van der Waals surface area contributed by atoms with Crippen LogP contribution in [0.15, 0.2) is 0 Å². The highest BCUT2D eigenvalue weighted by Crippen LogP contribution is 2.56. The van der Waals surface area contributed by atoms with Crippen molar-refractivity contribution in [2.24, 2.45) is 0 Å². The minimum atomic E-state index is -0.987. The van der Waals surface area contributed by atoms with Gasteiger partial charge in [0, 0.05) is 0 Å². The lowest BCUT2D eigenvalue weighted by Crippen LogP contribution is -2.11. The number of hydrogen-bond donors (Lipinski definition) is 0.